The zero-order valence-electron chi connectivity index (χ0n) is 10.3. The van der Waals surface area contributed by atoms with Crippen molar-refractivity contribution in [3.8, 4) is 0 Å². The van der Waals surface area contributed by atoms with Crippen molar-refractivity contribution >= 4 is 11.6 Å². The zero-order valence-corrected chi connectivity index (χ0v) is 11.1. The van der Waals surface area contributed by atoms with Crippen LogP contribution in [-0.4, -0.2) is 16.7 Å². The Hall–Kier alpha value is -1.38. The number of hydrogen-bond donors (Lipinski definition) is 1. The Balaban J connectivity index is 2.34. The van der Waals surface area contributed by atoms with Gasteiger partial charge in [0.05, 0.1) is 6.61 Å². The summed E-state index contributed by atoms with van der Waals surface area (Å²) in [6, 6.07) is 11.6. The van der Waals surface area contributed by atoms with Crippen LogP contribution in [0.3, 0.4) is 0 Å². The standard InChI is InChI=1S/C15H16ClNO/c1-15(11-18,9-12-5-4-8-17-10-12)13-6-2-3-7-14(13)16/h2-8,10,18H,9,11H2,1H3. The highest BCUT2D eigenvalue weighted by Gasteiger charge is 2.28. The lowest BCUT2D eigenvalue weighted by molar-refractivity contribution is 0.204. The topological polar surface area (TPSA) is 33.1 Å². The molecule has 18 heavy (non-hydrogen) atoms. The molecule has 1 unspecified atom stereocenters. The van der Waals surface area contributed by atoms with E-state index in [9.17, 15) is 5.11 Å². The fraction of sp³-hybridized carbons (Fsp3) is 0.267. The molecule has 0 radical (unpaired) electrons. The molecule has 0 aliphatic rings. The average Bonchev–Trinajstić information content (AvgIpc) is 2.40. The fourth-order valence-electron chi connectivity index (χ4n) is 2.14. The Bertz CT molecular complexity index is 515. The van der Waals surface area contributed by atoms with Crippen molar-refractivity contribution < 1.29 is 5.11 Å². The molecule has 1 atom stereocenters. The third-order valence-electron chi connectivity index (χ3n) is 3.19. The Kier molecular flexibility index (Phi) is 4.00. The summed E-state index contributed by atoms with van der Waals surface area (Å²) < 4.78 is 0. The number of aromatic nitrogens is 1. The number of nitrogens with zero attached hydrogens (tertiary/aromatic N) is 1. The van der Waals surface area contributed by atoms with Crippen LogP contribution in [0.2, 0.25) is 5.02 Å². The van der Waals surface area contributed by atoms with Crippen LogP contribution in [0.4, 0.5) is 0 Å². The predicted octanol–water partition coefficient (Wildman–Crippen LogP) is 3.23. The van der Waals surface area contributed by atoms with Gasteiger partial charge in [0.2, 0.25) is 0 Å². The molecule has 0 spiro atoms. The predicted molar refractivity (Wildman–Crippen MR) is 73.8 cm³/mol. The van der Waals surface area contributed by atoms with Crippen molar-refractivity contribution in [2.75, 3.05) is 6.61 Å². The molecular formula is C15H16ClNO. The maximum Gasteiger partial charge on any atom is 0.0529 e. The van der Waals surface area contributed by atoms with Gasteiger partial charge in [0, 0.05) is 22.8 Å². The Morgan fingerprint density at radius 3 is 2.61 bits per heavy atom. The van der Waals surface area contributed by atoms with Gasteiger partial charge >= 0.3 is 0 Å². The summed E-state index contributed by atoms with van der Waals surface area (Å²) in [4.78, 5) is 4.10. The van der Waals surface area contributed by atoms with E-state index >= 15 is 0 Å². The van der Waals surface area contributed by atoms with Gasteiger partial charge in [0.1, 0.15) is 0 Å². The number of aliphatic hydroxyl groups is 1. The van der Waals surface area contributed by atoms with Gasteiger partial charge in [-0.15, -0.1) is 0 Å². The largest absolute Gasteiger partial charge is 0.395 e. The van der Waals surface area contributed by atoms with Crippen molar-refractivity contribution in [3.63, 3.8) is 0 Å². The molecule has 3 heteroatoms. The van der Waals surface area contributed by atoms with Crippen LogP contribution < -0.4 is 0 Å². The van der Waals surface area contributed by atoms with E-state index in [1.54, 1.807) is 6.20 Å². The maximum absolute atomic E-state index is 9.75. The molecule has 0 saturated heterocycles. The number of halogens is 1. The summed E-state index contributed by atoms with van der Waals surface area (Å²) in [5, 5.41) is 10.4. The molecule has 2 nitrogen and oxygen atoms in total. The molecule has 1 N–H and O–H groups in total. The maximum atomic E-state index is 9.75. The smallest absolute Gasteiger partial charge is 0.0529 e. The summed E-state index contributed by atoms with van der Waals surface area (Å²) >= 11 is 6.23. The molecule has 2 rings (SSSR count). The normalized spacial score (nSPS) is 14.2. The Morgan fingerprint density at radius 1 is 1.22 bits per heavy atom. The van der Waals surface area contributed by atoms with Crippen LogP contribution in [0.25, 0.3) is 0 Å². The molecule has 0 aliphatic heterocycles. The molecular weight excluding hydrogens is 246 g/mol. The van der Waals surface area contributed by atoms with Crippen LogP contribution in [0.1, 0.15) is 18.1 Å². The molecule has 0 amide bonds. The molecule has 94 valence electrons. The van der Waals surface area contributed by atoms with Crippen molar-refractivity contribution in [2.24, 2.45) is 0 Å². The monoisotopic (exact) mass is 261 g/mol. The highest BCUT2D eigenvalue weighted by Crippen LogP contribution is 2.32. The molecule has 1 heterocycles. The first-order valence-corrected chi connectivity index (χ1v) is 6.28. The SMILES string of the molecule is CC(CO)(Cc1cccnc1)c1ccccc1Cl. The van der Waals surface area contributed by atoms with E-state index in [0.29, 0.717) is 11.4 Å². The van der Waals surface area contributed by atoms with Gasteiger partial charge in [-0.05, 0) is 29.7 Å². The minimum Gasteiger partial charge on any atom is -0.395 e. The zero-order chi connectivity index (χ0) is 13.0. The van der Waals surface area contributed by atoms with Crippen LogP contribution >= 0.6 is 11.6 Å². The van der Waals surface area contributed by atoms with E-state index in [1.165, 1.54) is 0 Å². The van der Waals surface area contributed by atoms with Crippen LogP contribution in [0, 0.1) is 0 Å². The summed E-state index contributed by atoms with van der Waals surface area (Å²) in [7, 11) is 0. The van der Waals surface area contributed by atoms with E-state index in [1.807, 2.05) is 49.5 Å². The second-order valence-electron chi connectivity index (χ2n) is 4.74. The molecule has 0 aliphatic carbocycles. The van der Waals surface area contributed by atoms with Crippen molar-refractivity contribution in [1.29, 1.82) is 0 Å². The number of benzene rings is 1. The van der Waals surface area contributed by atoms with Crippen molar-refractivity contribution in [2.45, 2.75) is 18.8 Å². The highest BCUT2D eigenvalue weighted by molar-refractivity contribution is 6.31. The van der Waals surface area contributed by atoms with Crippen LogP contribution in [0.15, 0.2) is 48.8 Å². The van der Waals surface area contributed by atoms with Gasteiger partial charge in [0.25, 0.3) is 0 Å². The lowest BCUT2D eigenvalue weighted by Crippen LogP contribution is -2.30. The molecule has 0 bridgehead atoms. The van der Waals surface area contributed by atoms with E-state index in [2.05, 4.69) is 4.98 Å². The summed E-state index contributed by atoms with van der Waals surface area (Å²) in [6.45, 7) is 2.06. The van der Waals surface area contributed by atoms with Gasteiger partial charge < -0.3 is 5.11 Å². The van der Waals surface area contributed by atoms with E-state index in [0.717, 1.165) is 11.1 Å². The summed E-state index contributed by atoms with van der Waals surface area (Å²) in [6.07, 6.45) is 4.28. The first kappa shape index (κ1) is 13.1. The Labute approximate surface area is 112 Å². The number of rotatable bonds is 4. The summed E-state index contributed by atoms with van der Waals surface area (Å²) in [5.74, 6) is 0. The van der Waals surface area contributed by atoms with Gasteiger partial charge in [-0.3, -0.25) is 4.98 Å². The van der Waals surface area contributed by atoms with Crippen LogP contribution in [0.5, 0.6) is 0 Å². The fourth-order valence-corrected chi connectivity index (χ4v) is 2.50. The quantitative estimate of drug-likeness (QED) is 0.917. The third-order valence-corrected chi connectivity index (χ3v) is 3.52. The average molecular weight is 262 g/mol. The lowest BCUT2D eigenvalue weighted by Gasteiger charge is -2.29. The van der Waals surface area contributed by atoms with E-state index in [-0.39, 0.29) is 12.0 Å². The van der Waals surface area contributed by atoms with Gasteiger partial charge in [-0.25, -0.2) is 0 Å². The van der Waals surface area contributed by atoms with E-state index in [4.69, 9.17) is 11.6 Å². The van der Waals surface area contributed by atoms with Crippen molar-refractivity contribution in [1.82, 2.24) is 4.98 Å². The number of pyridine rings is 1. The molecule has 1 aromatic carbocycles. The third kappa shape index (κ3) is 2.71. The molecule has 0 saturated carbocycles. The first-order chi connectivity index (χ1) is 8.65. The van der Waals surface area contributed by atoms with Crippen LogP contribution in [-0.2, 0) is 11.8 Å². The minimum absolute atomic E-state index is 0.0472. The number of hydrogen-bond acceptors (Lipinski definition) is 2. The van der Waals surface area contributed by atoms with Crippen molar-refractivity contribution in [3.05, 3.63) is 64.9 Å². The highest BCUT2D eigenvalue weighted by atomic mass is 35.5. The minimum atomic E-state index is -0.388. The van der Waals surface area contributed by atoms with Gasteiger partial charge in [-0.2, -0.15) is 0 Å². The van der Waals surface area contributed by atoms with E-state index < -0.39 is 0 Å². The van der Waals surface area contributed by atoms with Gasteiger partial charge in [-0.1, -0.05) is 42.8 Å². The second-order valence-corrected chi connectivity index (χ2v) is 5.14. The molecule has 0 fully saturated rings. The first-order valence-electron chi connectivity index (χ1n) is 5.90. The lowest BCUT2D eigenvalue weighted by atomic mass is 9.78. The summed E-state index contributed by atoms with van der Waals surface area (Å²) in [5.41, 5.74) is 1.67. The number of aliphatic hydroxyl groups excluding tert-OH is 1. The van der Waals surface area contributed by atoms with Gasteiger partial charge in [0.15, 0.2) is 0 Å². The molecule has 2 aromatic rings. The molecule has 1 aromatic heterocycles. The second kappa shape index (κ2) is 5.51. The Morgan fingerprint density at radius 2 is 2.00 bits per heavy atom.